The molecule has 0 spiro atoms. The van der Waals surface area contributed by atoms with E-state index in [0.29, 0.717) is 23.6 Å². The Morgan fingerprint density at radius 1 is 1.33 bits per heavy atom. The third-order valence-electron chi connectivity index (χ3n) is 3.14. The molecule has 0 saturated heterocycles. The van der Waals surface area contributed by atoms with Gasteiger partial charge in [0.15, 0.2) is 5.78 Å². The number of hydrogen-bond donors (Lipinski definition) is 1. The summed E-state index contributed by atoms with van der Waals surface area (Å²) in [5, 5.41) is 2.83. The van der Waals surface area contributed by atoms with E-state index >= 15 is 0 Å². The largest absolute Gasteiger partial charge is 0.325 e. The van der Waals surface area contributed by atoms with Gasteiger partial charge in [0.1, 0.15) is 0 Å². The molecule has 1 amide bonds. The summed E-state index contributed by atoms with van der Waals surface area (Å²) in [6, 6.07) is 7.11. The average molecular weight is 243 g/mol. The second kappa shape index (κ2) is 5.63. The molecule has 2 rings (SSSR count). The number of carbonyl (C=O) groups is 2. The Hall–Kier alpha value is -1.90. The normalized spacial score (nSPS) is 17.7. The molecule has 0 saturated carbocycles. The molecule has 1 unspecified atom stereocenters. The van der Waals surface area contributed by atoms with Gasteiger partial charge in [-0.3, -0.25) is 9.59 Å². The van der Waals surface area contributed by atoms with Crippen molar-refractivity contribution >= 4 is 17.4 Å². The number of hydrogen-bond acceptors (Lipinski definition) is 2. The first-order chi connectivity index (χ1) is 8.66. The van der Waals surface area contributed by atoms with Crippen molar-refractivity contribution < 1.29 is 9.59 Å². The fourth-order valence-corrected chi connectivity index (χ4v) is 2.20. The van der Waals surface area contributed by atoms with Crippen LogP contribution in [0.25, 0.3) is 0 Å². The lowest BCUT2D eigenvalue weighted by Crippen LogP contribution is -2.16. The molecule has 0 heterocycles. The molecule has 1 aromatic carbocycles. The van der Waals surface area contributed by atoms with E-state index in [0.717, 1.165) is 12.8 Å². The van der Waals surface area contributed by atoms with E-state index in [4.69, 9.17) is 0 Å². The quantitative estimate of drug-likeness (QED) is 0.652. The van der Waals surface area contributed by atoms with E-state index in [2.05, 4.69) is 17.5 Å². The predicted molar refractivity (Wildman–Crippen MR) is 71.6 cm³/mol. The Morgan fingerprint density at radius 3 is 2.78 bits per heavy atom. The van der Waals surface area contributed by atoms with Crippen molar-refractivity contribution in [3.8, 4) is 0 Å². The molecule has 18 heavy (non-hydrogen) atoms. The number of rotatable bonds is 4. The van der Waals surface area contributed by atoms with Crippen molar-refractivity contribution in [2.24, 2.45) is 5.92 Å². The molecule has 94 valence electrons. The Labute approximate surface area is 107 Å². The molecule has 3 nitrogen and oxygen atoms in total. The zero-order valence-corrected chi connectivity index (χ0v) is 10.5. The van der Waals surface area contributed by atoms with Crippen molar-refractivity contribution in [1.29, 1.82) is 0 Å². The van der Waals surface area contributed by atoms with Crippen LogP contribution in [0.15, 0.2) is 36.4 Å². The summed E-state index contributed by atoms with van der Waals surface area (Å²) in [4.78, 5) is 23.3. The molecule has 1 atom stereocenters. The van der Waals surface area contributed by atoms with Gasteiger partial charge < -0.3 is 5.32 Å². The van der Waals surface area contributed by atoms with Crippen LogP contribution in [0.2, 0.25) is 0 Å². The first-order valence-electron chi connectivity index (χ1n) is 6.23. The van der Waals surface area contributed by atoms with Gasteiger partial charge in [0.05, 0.1) is 5.69 Å². The topological polar surface area (TPSA) is 46.2 Å². The van der Waals surface area contributed by atoms with E-state index in [9.17, 15) is 9.59 Å². The van der Waals surface area contributed by atoms with Gasteiger partial charge in [0.25, 0.3) is 0 Å². The lowest BCUT2D eigenvalue weighted by Gasteiger charge is -2.11. The SMILES string of the molecule is CC(=O)c1ccccc1NC(=O)CC1C=CCC1. The minimum atomic E-state index is -0.0355. The standard InChI is InChI=1S/C15H17NO2/c1-11(17)13-8-4-5-9-14(13)16-15(18)10-12-6-2-3-7-12/h2,4-6,8-9,12H,3,7,10H2,1H3,(H,16,18). The van der Waals surface area contributed by atoms with E-state index in [1.165, 1.54) is 6.92 Å². The zero-order chi connectivity index (χ0) is 13.0. The Bertz CT molecular complexity index is 491. The lowest BCUT2D eigenvalue weighted by molar-refractivity contribution is -0.116. The highest BCUT2D eigenvalue weighted by Gasteiger charge is 2.15. The van der Waals surface area contributed by atoms with Crippen molar-refractivity contribution in [1.82, 2.24) is 0 Å². The Kier molecular flexibility index (Phi) is 3.92. The molecule has 0 aliphatic heterocycles. The highest BCUT2D eigenvalue weighted by molar-refractivity contribution is 6.03. The van der Waals surface area contributed by atoms with Crippen LogP contribution in [0.5, 0.6) is 0 Å². The molecule has 1 aliphatic carbocycles. The molecule has 1 aromatic rings. The number of benzene rings is 1. The zero-order valence-electron chi connectivity index (χ0n) is 10.5. The minimum absolute atomic E-state index is 0.0275. The maximum atomic E-state index is 11.9. The van der Waals surface area contributed by atoms with Crippen LogP contribution in [0.4, 0.5) is 5.69 Å². The highest BCUT2D eigenvalue weighted by atomic mass is 16.1. The second-order valence-corrected chi connectivity index (χ2v) is 4.62. The molecule has 0 radical (unpaired) electrons. The first kappa shape index (κ1) is 12.6. The summed E-state index contributed by atoms with van der Waals surface area (Å²) in [5.74, 6) is 0.279. The van der Waals surface area contributed by atoms with E-state index in [1.54, 1.807) is 18.2 Å². The first-order valence-corrected chi connectivity index (χ1v) is 6.23. The highest BCUT2D eigenvalue weighted by Crippen LogP contribution is 2.22. The number of anilines is 1. The van der Waals surface area contributed by atoms with Gasteiger partial charge in [-0.15, -0.1) is 0 Å². The monoisotopic (exact) mass is 243 g/mol. The predicted octanol–water partition coefficient (Wildman–Crippen LogP) is 3.18. The molecular formula is C15H17NO2. The van der Waals surface area contributed by atoms with E-state index in [1.807, 2.05) is 6.07 Å². The summed E-state index contributed by atoms with van der Waals surface area (Å²) in [6.07, 6.45) is 6.80. The smallest absolute Gasteiger partial charge is 0.224 e. The summed E-state index contributed by atoms with van der Waals surface area (Å²) in [5.41, 5.74) is 1.17. The van der Waals surface area contributed by atoms with Crippen molar-refractivity contribution in [2.75, 3.05) is 5.32 Å². The molecule has 1 aliphatic rings. The van der Waals surface area contributed by atoms with Crippen molar-refractivity contribution in [3.05, 3.63) is 42.0 Å². The van der Waals surface area contributed by atoms with Gasteiger partial charge in [-0.1, -0.05) is 24.3 Å². The fourth-order valence-electron chi connectivity index (χ4n) is 2.20. The number of ketones is 1. The van der Waals surface area contributed by atoms with E-state index in [-0.39, 0.29) is 11.7 Å². The number of Topliss-reactive ketones (excluding diaryl/α,β-unsaturated/α-hetero) is 1. The number of carbonyl (C=O) groups excluding carboxylic acids is 2. The van der Waals surface area contributed by atoms with Gasteiger partial charge in [0.2, 0.25) is 5.91 Å². The van der Waals surface area contributed by atoms with Crippen LogP contribution in [-0.2, 0) is 4.79 Å². The van der Waals surface area contributed by atoms with Crippen LogP contribution < -0.4 is 5.32 Å². The average Bonchev–Trinajstić information content (AvgIpc) is 2.82. The van der Waals surface area contributed by atoms with Gasteiger partial charge in [0, 0.05) is 12.0 Å². The van der Waals surface area contributed by atoms with Crippen LogP contribution in [0.1, 0.15) is 36.5 Å². The third kappa shape index (κ3) is 3.06. The third-order valence-corrected chi connectivity index (χ3v) is 3.14. The van der Waals surface area contributed by atoms with Crippen molar-refractivity contribution in [3.63, 3.8) is 0 Å². The summed E-state index contributed by atoms with van der Waals surface area (Å²) >= 11 is 0. The van der Waals surface area contributed by atoms with E-state index < -0.39 is 0 Å². The van der Waals surface area contributed by atoms with Crippen LogP contribution in [0, 0.1) is 5.92 Å². The fraction of sp³-hybridized carbons (Fsp3) is 0.333. The van der Waals surface area contributed by atoms with Crippen molar-refractivity contribution in [2.45, 2.75) is 26.2 Å². The summed E-state index contributed by atoms with van der Waals surface area (Å²) < 4.78 is 0. The van der Waals surface area contributed by atoms with Gasteiger partial charge in [-0.05, 0) is 37.8 Å². The molecule has 3 heteroatoms. The van der Waals surface area contributed by atoms with Crippen LogP contribution >= 0.6 is 0 Å². The number of allylic oxidation sites excluding steroid dienone is 2. The molecule has 1 N–H and O–H groups in total. The number of nitrogens with one attached hydrogen (secondary N) is 1. The van der Waals surface area contributed by atoms with Gasteiger partial charge >= 0.3 is 0 Å². The summed E-state index contributed by atoms with van der Waals surface area (Å²) in [7, 11) is 0. The second-order valence-electron chi connectivity index (χ2n) is 4.62. The minimum Gasteiger partial charge on any atom is -0.325 e. The molecule has 0 bridgehead atoms. The van der Waals surface area contributed by atoms with Crippen LogP contribution in [-0.4, -0.2) is 11.7 Å². The molecule has 0 fully saturated rings. The maximum Gasteiger partial charge on any atom is 0.224 e. The number of para-hydroxylation sites is 1. The lowest BCUT2D eigenvalue weighted by atomic mass is 10.0. The Balaban J connectivity index is 2.02. The van der Waals surface area contributed by atoms with Gasteiger partial charge in [-0.2, -0.15) is 0 Å². The van der Waals surface area contributed by atoms with Crippen LogP contribution in [0.3, 0.4) is 0 Å². The molecule has 0 aromatic heterocycles. The van der Waals surface area contributed by atoms with Gasteiger partial charge in [-0.25, -0.2) is 0 Å². The summed E-state index contributed by atoms with van der Waals surface area (Å²) in [6.45, 7) is 1.50. The maximum absolute atomic E-state index is 11.9. The molecular weight excluding hydrogens is 226 g/mol. The Morgan fingerprint density at radius 2 is 2.11 bits per heavy atom. The number of amides is 1.